The Morgan fingerprint density at radius 2 is 1.94 bits per heavy atom. The Hall–Kier alpha value is -1.72. The van der Waals surface area contributed by atoms with Gasteiger partial charge < -0.3 is 14.3 Å². The van der Waals surface area contributed by atoms with Crippen LogP contribution in [-0.4, -0.2) is 16.1 Å². The summed E-state index contributed by atoms with van der Waals surface area (Å²) in [6.07, 6.45) is 0.782. The number of carboxylic acids is 1. The summed E-state index contributed by atoms with van der Waals surface area (Å²) >= 11 is 11.5. The molecule has 0 radical (unpaired) electrons. The lowest BCUT2D eigenvalue weighted by atomic mass is 10.3. The predicted octanol–water partition coefficient (Wildman–Crippen LogP) is 3.47. The average molecular weight is 274 g/mol. The van der Waals surface area contributed by atoms with Crippen molar-refractivity contribution in [3.63, 3.8) is 0 Å². The van der Waals surface area contributed by atoms with Crippen LogP contribution in [0.4, 0.5) is 0 Å². The number of ether oxygens (including phenoxy) is 1. The van der Waals surface area contributed by atoms with Gasteiger partial charge in [0.05, 0.1) is 0 Å². The number of rotatable bonds is 3. The summed E-state index contributed by atoms with van der Waals surface area (Å²) < 4.78 is 9.97. The van der Waals surface area contributed by atoms with Gasteiger partial charge in [-0.2, -0.15) is 4.98 Å². The molecule has 1 N–H and O–H groups in total. The first-order valence-electron chi connectivity index (χ1n) is 4.37. The maximum Gasteiger partial charge on any atom is 0.399 e. The largest absolute Gasteiger partial charge is 0.476 e. The molecule has 0 aliphatic carbocycles. The number of oxazole rings is 1. The Morgan fingerprint density at radius 3 is 2.47 bits per heavy atom. The smallest absolute Gasteiger partial charge is 0.399 e. The second-order valence-electron chi connectivity index (χ2n) is 3.01. The molecule has 17 heavy (non-hydrogen) atoms. The van der Waals surface area contributed by atoms with Gasteiger partial charge in [-0.05, 0) is 18.2 Å². The number of hydrogen-bond donors (Lipinski definition) is 1. The minimum atomic E-state index is -1.20. The number of halogens is 2. The van der Waals surface area contributed by atoms with E-state index in [1.54, 1.807) is 0 Å². The van der Waals surface area contributed by atoms with E-state index in [9.17, 15) is 4.79 Å². The van der Waals surface area contributed by atoms with Crippen molar-refractivity contribution >= 4 is 29.2 Å². The van der Waals surface area contributed by atoms with Crippen LogP contribution in [0.5, 0.6) is 11.8 Å². The SMILES string of the molecule is O=C(O)c1coc(Oc2cc(Cl)cc(Cl)c2)n1. The number of aromatic nitrogens is 1. The number of carboxylic acid groups (broad SMARTS) is 1. The Bertz CT molecular complexity index is 547. The molecule has 0 atom stereocenters. The van der Waals surface area contributed by atoms with E-state index in [1.807, 2.05) is 0 Å². The van der Waals surface area contributed by atoms with E-state index in [2.05, 4.69) is 4.98 Å². The van der Waals surface area contributed by atoms with Gasteiger partial charge in [-0.3, -0.25) is 0 Å². The number of benzene rings is 1. The van der Waals surface area contributed by atoms with E-state index in [0.29, 0.717) is 15.8 Å². The van der Waals surface area contributed by atoms with Crippen LogP contribution in [0.1, 0.15) is 10.5 Å². The highest BCUT2D eigenvalue weighted by atomic mass is 35.5. The molecule has 1 heterocycles. The number of aromatic carboxylic acids is 1. The second-order valence-corrected chi connectivity index (χ2v) is 3.88. The lowest BCUT2D eigenvalue weighted by Gasteiger charge is -2.01. The van der Waals surface area contributed by atoms with Crippen molar-refractivity contribution in [1.82, 2.24) is 4.98 Å². The van der Waals surface area contributed by atoms with Gasteiger partial charge in [0.2, 0.25) is 0 Å². The minimum absolute atomic E-state index is 0.194. The van der Waals surface area contributed by atoms with E-state index in [1.165, 1.54) is 18.2 Å². The maximum absolute atomic E-state index is 10.6. The highest BCUT2D eigenvalue weighted by molar-refractivity contribution is 6.34. The van der Waals surface area contributed by atoms with Gasteiger partial charge in [0.25, 0.3) is 0 Å². The molecule has 0 aliphatic rings. The predicted molar refractivity (Wildman–Crippen MR) is 60.0 cm³/mol. The van der Waals surface area contributed by atoms with Gasteiger partial charge in [0.15, 0.2) is 5.69 Å². The van der Waals surface area contributed by atoms with Gasteiger partial charge in [-0.1, -0.05) is 23.2 Å². The van der Waals surface area contributed by atoms with Crippen molar-refractivity contribution in [3.8, 4) is 11.8 Å². The van der Waals surface area contributed by atoms with Crippen LogP contribution >= 0.6 is 23.2 Å². The summed E-state index contributed by atoms with van der Waals surface area (Å²) in [5.74, 6) is -0.894. The first kappa shape index (κ1) is 11.8. The van der Waals surface area contributed by atoms with Gasteiger partial charge in [0, 0.05) is 10.0 Å². The molecule has 0 saturated heterocycles. The summed E-state index contributed by atoms with van der Waals surface area (Å²) in [4.78, 5) is 14.1. The summed E-state index contributed by atoms with van der Waals surface area (Å²) in [6, 6.07) is 4.53. The fourth-order valence-corrected chi connectivity index (χ4v) is 1.60. The van der Waals surface area contributed by atoms with Crippen molar-refractivity contribution in [1.29, 1.82) is 0 Å². The van der Waals surface area contributed by atoms with Crippen molar-refractivity contribution in [2.45, 2.75) is 0 Å². The van der Waals surface area contributed by atoms with Gasteiger partial charge in [0.1, 0.15) is 12.0 Å². The average Bonchev–Trinajstić information content (AvgIpc) is 2.64. The van der Waals surface area contributed by atoms with Crippen molar-refractivity contribution in [2.75, 3.05) is 0 Å². The normalized spacial score (nSPS) is 10.2. The first-order valence-corrected chi connectivity index (χ1v) is 5.13. The molecular formula is C10H5Cl2NO4. The Labute approximate surface area is 106 Å². The van der Waals surface area contributed by atoms with E-state index < -0.39 is 5.97 Å². The molecule has 0 aliphatic heterocycles. The summed E-state index contributed by atoms with van der Waals surface area (Å²) in [5.41, 5.74) is -0.242. The summed E-state index contributed by atoms with van der Waals surface area (Å²) in [6.45, 7) is 0. The zero-order valence-corrected chi connectivity index (χ0v) is 9.70. The van der Waals surface area contributed by atoms with Crippen molar-refractivity contribution in [3.05, 3.63) is 40.2 Å². The second kappa shape index (κ2) is 4.65. The molecule has 0 spiro atoms. The Balaban J connectivity index is 2.22. The monoisotopic (exact) mass is 273 g/mol. The van der Waals surface area contributed by atoms with Crippen LogP contribution in [0.3, 0.4) is 0 Å². The molecule has 0 saturated carbocycles. The third-order valence-electron chi connectivity index (χ3n) is 1.74. The standard InChI is InChI=1S/C10H5Cl2NO4/c11-5-1-6(12)3-7(2-5)17-10-13-8(4-16-10)9(14)15/h1-4H,(H,14,15). The van der Waals surface area contributed by atoms with Gasteiger partial charge >= 0.3 is 12.0 Å². The number of nitrogens with zero attached hydrogens (tertiary/aromatic N) is 1. The zero-order chi connectivity index (χ0) is 12.4. The fraction of sp³-hybridized carbons (Fsp3) is 0. The maximum atomic E-state index is 10.6. The molecule has 88 valence electrons. The summed E-state index contributed by atoms with van der Waals surface area (Å²) in [7, 11) is 0. The van der Waals surface area contributed by atoms with Crippen LogP contribution in [0, 0.1) is 0 Å². The molecule has 2 rings (SSSR count). The third kappa shape index (κ3) is 2.89. The van der Waals surface area contributed by atoms with Crippen LogP contribution in [-0.2, 0) is 0 Å². The number of carbonyl (C=O) groups is 1. The minimum Gasteiger partial charge on any atom is -0.476 e. The first-order chi connectivity index (χ1) is 8.04. The zero-order valence-electron chi connectivity index (χ0n) is 8.18. The lowest BCUT2D eigenvalue weighted by molar-refractivity contribution is 0.0690. The van der Waals surface area contributed by atoms with Crippen LogP contribution < -0.4 is 4.74 Å². The van der Waals surface area contributed by atoms with Gasteiger partial charge in [-0.15, -0.1) is 0 Å². The quantitative estimate of drug-likeness (QED) is 0.927. The third-order valence-corrected chi connectivity index (χ3v) is 2.18. The molecule has 1 aromatic heterocycles. The molecule has 0 bridgehead atoms. The fourth-order valence-electron chi connectivity index (χ4n) is 1.09. The van der Waals surface area contributed by atoms with E-state index in [4.69, 9.17) is 37.5 Å². The van der Waals surface area contributed by atoms with Crippen LogP contribution in [0.15, 0.2) is 28.9 Å². The van der Waals surface area contributed by atoms with E-state index >= 15 is 0 Å². The molecule has 5 nitrogen and oxygen atoms in total. The van der Waals surface area contributed by atoms with Crippen LogP contribution in [0.25, 0.3) is 0 Å². The highest BCUT2D eigenvalue weighted by Gasteiger charge is 2.12. The molecule has 2 aromatic rings. The molecule has 7 heteroatoms. The van der Waals surface area contributed by atoms with Crippen molar-refractivity contribution < 1.29 is 19.1 Å². The number of hydrogen-bond acceptors (Lipinski definition) is 4. The van der Waals surface area contributed by atoms with E-state index in [0.717, 1.165) is 6.26 Å². The lowest BCUT2D eigenvalue weighted by Crippen LogP contribution is -1.95. The van der Waals surface area contributed by atoms with Gasteiger partial charge in [-0.25, -0.2) is 4.79 Å². The molecule has 0 fully saturated rings. The molecule has 0 unspecified atom stereocenters. The summed E-state index contributed by atoms with van der Waals surface area (Å²) in [5, 5.41) is 9.41. The molecular weight excluding hydrogens is 269 g/mol. The molecule has 1 aromatic carbocycles. The van der Waals surface area contributed by atoms with Crippen molar-refractivity contribution in [2.24, 2.45) is 0 Å². The van der Waals surface area contributed by atoms with E-state index in [-0.39, 0.29) is 11.8 Å². The Morgan fingerprint density at radius 1 is 1.29 bits per heavy atom. The Kier molecular flexibility index (Phi) is 3.21. The highest BCUT2D eigenvalue weighted by Crippen LogP contribution is 2.27. The molecule has 0 amide bonds. The topological polar surface area (TPSA) is 72.6 Å². The van der Waals surface area contributed by atoms with Crippen LogP contribution in [0.2, 0.25) is 10.0 Å².